The molecular weight excluding hydrogens is 306 g/mol. The number of hydrogen-bond donors (Lipinski definition) is 2. The monoisotopic (exact) mass is 325 g/mol. The summed E-state index contributed by atoms with van der Waals surface area (Å²) in [5.74, 6) is 0.0555. The van der Waals surface area contributed by atoms with Gasteiger partial charge in [-0.2, -0.15) is 0 Å². The van der Waals surface area contributed by atoms with Crippen molar-refractivity contribution in [1.82, 2.24) is 25.2 Å². The Morgan fingerprint density at radius 3 is 2.42 bits per heavy atom. The molecule has 7 nitrogen and oxygen atoms in total. The number of carbonyl (C=O) groups is 1. The third kappa shape index (κ3) is 3.01. The van der Waals surface area contributed by atoms with Crippen LogP contribution in [-0.4, -0.2) is 45.1 Å². The van der Waals surface area contributed by atoms with Crippen LogP contribution in [0.1, 0.15) is 11.1 Å². The summed E-state index contributed by atoms with van der Waals surface area (Å²) in [6.45, 7) is 2.14. The van der Waals surface area contributed by atoms with Crippen molar-refractivity contribution in [2.45, 2.75) is 13.5 Å². The predicted molar refractivity (Wildman–Crippen MR) is 91.2 cm³/mol. The maximum atomic E-state index is 11.7. The number of phenolic OH excluding ortho intramolecular Hbond substituents is 1. The molecule has 1 heterocycles. The van der Waals surface area contributed by atoms with Crippen molar-refractivity contribution in [1.29, 1.82) is 0 Å². The zero-order valence-corrected chi connectivity index (χ0v) is 13.8. The number of phenols is 1. The fourth-order valence-electron chi connectivity index (χ4n) is 2.42. The first-order valence-corrected chi connectivity index (χ1v) is 7.56. The van der Waals surface area contributed by atoms with Crippen molar-refractivity contribution < 1.29 is 9.90 Å². The van der Waals surface area contributed by atoms with Crippen molar-refractivity contribution in [2.24, 2.45) is 0 Å². The van der Waals surface area contributed by atoms with Crippen LogP contribution in [0.3, 0.4) is 0 Å². The van der Waals surface area contributed by atoms with Crippen molar-refractivity contribution >= 4 is 17.1 Å². The topological polar surface area (TPSA) is 83.3 Å². The molecule has 0 saturated carbocycles. The van der Waals surface area contributed by atoms with Crippen molar-refractivity contribution in [2.75, 3.05) is 14.1 Å². The molecule has 0 spiro atoms. The van der Waals surface area contributed by atoms with E-state index in [4.69, 9.17) is 0 Å². The molecule has 0 bridgehead atoms. The second kappa shape index (κ2) is 6.19. The molecule has 2 amide bonds. The molecule has 3 rings (SSSR count). The van der Waals surface area contributed by atoms with E-state index in [9.17, 15) is 9.90 Å². The minimum absolute atomic E-state index is 0.0555. The Bertz CT molecular complexity index is 868. The SMILES string of the molecule is Cc1cc(CNC(=O)N(C)C)c(O)c(-n2nc3ccccc3n2)c1. The average Bonchev–Trinajstić information content (AvgIpc) is 2.98. The normalized spacial score (nSPS) is 10.8. The molecule has 124 valence electrons. The zero-order chi connectivity index (χ0) is 17.3. The van der Waals surface area contributed by atoms with E-state index < -0.39 is 0 Å². The third-order valence-electron chi connectivity index (χ3n) is 3.65. The second-order valence-corrected chi connectivity index (χ2v) is 5.82. The Morgan fingerprint density at radius 2 is 1.83 bits per heavy atom. The third-order valence-corrected chi connectivity index (χ3v) is 3.65. The van der Waals surface area contributed by atoms with Gasteiger partial charge in [0, 0.05) is 26.2 Å². The van der Waals surface area contributed by atoms with Gasteiger partial charge in [0.15, 0.2) is 0 Å². The summed E-state index contributed by atoms with van der Waals surface area (Å²) >= 11 is 0. The molecule has 3 aromatic rings. The highest BCUT2D eigenvalue weighted by Gasteiger charge is 2.14. The van der Waals surface area contributed by atoms with Crippen LogP contribution in [-0.2, 0) is 6.54 Å². The Morgan fingerprint density at radius 1 is 1.21 bits per heavy atom. The lowest BCUT2D eigenvalue weighted by Gasteiger charge is -2.14. The first-order valence-electron chi connectivity index (χ1n) is 7.56. The average molecular weight is 325 g/mol. The van der Waals surface area contributed by atoms with Gasteiger partial charge < -0.3 is 15.3 Å². The number of fused-ring (bicyclic) bond motifs is 1. The van der Waals surface area contributed by atoms with Crippen LogP contribution in [0.5, 0.6) is 5.75 Å². The number of hydrogen-bond acceptors (Lipinski definition) is 4. The van der Waals surface area contributed by atoms with Crippen molar-refractivity contribution in [3.63, 3.8) is 0 Å². The van der Waals surface area contributed by atoms with Crippen molar-refractivity contribution in [3.8, 4) is 11.4 Å². The van der Waals surface area contributed by atoms with Crippen LogP contribution < -0.4 is 5.32 Å². The number of nitrogens with zero attached hydrogens (tertiary/aromatic N) is 4. The Hall–Kier alpha value is -3.09. The maximum absolute atomic E-state index is 11.7. The number of benzene rings is 2. The number of nitrogens with one attached hydrogen (secondary N) is 1. The number of rotatable bonds is 3. The summed E-state index contributed by atoms with van der Waals surface area (Å²) in [7, 11) is 3.33. The van der Waals surface area contributed by atoms with E-state index in [1.165, 1.54) is 9.70 Å². The van der Waals surface area contributed by atoms with E-state index in [1.54, 1.807) is 14.1 Å². The quantitative estimate of drug-likeness (QED) is 0.773. The lowest BCUT2D eigenvalue weighted by Crippen LogP contribution is -2.34. The lowest BCUT2D eigenvalue weighted by molar-refractivity contribution is 0.217. The van der Waals surface area contributed by atoms with Gasteiger partial charge in [-0.15, -0.1) is 15.0 Å². The standard InChI is InChI=1S/C17H19N5O2/c1-11-8-12(10-18-17(24)21(2)3)16(23)15(9-11)22-19-13-6-4-5-7-14(13)20-22/h4-9,23H,10H2,1-3H3,(H,18,24). The van der Waals surface area contributed by atoms with Gasteiger partial charge in [0.25, 0.3) is 0 Å². The minimum atomic E-state index is -0.222. The Kier molecular flexibility index (Phi) is 4.07. The number of aromatic hydroxyl groups is 1. The first-order chi connectivity index (χ1) is 11.5. The number of amides is 2. The molecule has 2 N–H and O–H groups in total. The minimum Gasteiger partial charge on any atom is -0.505 e. The summed E-state index contributed by atoms with van der Waals surface area (Å²) in [6.07, 6.45) is 0. The van der Waals surface area contributed by atoms with Crippen molar-refractivity contribution in [3.05, 3.63) is 47.5 Å². The molecule has 0 aliphatic heterocycles. The maximum Gasteiger partial charge on any atom is 0.317 e. The molecule has 0 unspecified atom stereocenters. The number of urea groups is 1. The molecule has 0 fully saturated rings. The van der Waals surface area contributed by atoms with Gasteiger partial charge in [0.05, 0.1) is 0 Å². The predicted octanol–water partition coefficient (Wildman–Crippen LogP) is 2.21. The molecule has 0 saturated heterocycles. The van der Waals surface area contributed by atoms with Crippen LogP contribution in [0, 0.1) is 6.92 Å². The van der Waals surface area contributed by atoms with Crippen LogP contribution in [0.2, 0.25) is 0 Å². The molecule has 24 heavy (non-hydrogen) atoms. The van der Waals surface area contributed by atoms with E-state index in [-0.39, 0.29) is 18.3 Å². The van der Waals surface area contributed by atoms with Gasteiger partial charge in [-0.1, -0.05) is 18.2 Å². The van der Waals surface area contributed by atoms with E-state index in [2.05, 4.69) is 15.5 Å². The van der Waals surface area contributed by atoms with E-state index in [0.717, 1.165) is 16.6 Å². The highest BCUT2D eigenvalue weighted by atomic mass is 16.3. The van der Waals surface area contributed by atoms with Gasteiger partial charge in [-0.05, 0) is 30.7 Å². The summed E-state index contributed by atoms with van der Waals surface area (Å²) < 4.78 is 0. The summed E-state index contributed by atoms with van der Waals surface area (Å²) in [4.78, 5) is 14.5. The van der Waals surface area contributed by atoms with Crippen LogP contribution in [0.15, 0.2) is 36.4 Å². The Balaban J connectivity index is 1.98. The molecular formula is C17H19N5O2. The molecule has 2 aromatic carbocycles. The van der Waals surface area contributed by atoms with Gasteiger partial charge in [-0.25, -0.2) is 4.79 Å². The van der Waals surface area contributed by atoms with Crippen LogP contribution in [0.4, 0.5) is 4.79 Å². The van der Waals surface area contributed by atoms with Gasteiger partial charge >= 0.3 is 6.03 Å². The molecule has 1 aromatic heterocycles. The molecule has 0 aliphatic rings. The highest BCUT2D eigenvalue weighted by molar-refractivity contribution is 5.74. The second-order valence-electron chi connectivity index (χ2n) is 5.82. The van der Waals surface area contributed by atoms with Gasteiger partial charge in [-0.3, -0.25) is 0 Å². The smallest absolute Gasteiger partial charge is 0.317 e. The number of aromatic nitrogens is 3. The van der Waals surface area contributed by atoms with Crippen LogP contribution >= 0.6 is 0 Å². The Labute approximate surface area is 139 Å². The molecule has 0 atom stereocenters. The summed E-state index contributed by atoms with van der Waals surface area (Å²) in [6, 6.07) is 10.9. The first kappa shape index (κ1) is 15.8. The lowest BCUT2D eigenvalue weighted by atomic mass is 10.1. The number of aryl methyl sites for hydroxylation is 1. The number of carbonyl (C=O) groups excluding carboxylic acids is 1. The molecule has 0 aliphatic carbocycles. The fraction of sp³-hybridized carbons (Fsp3) is 0.235. The van der Waals surface area contributed by atoms with Gasteiger partial charge in [0.1, 0.15) is 22.5 Å². The summed E-state index contributed by atoms with van der Waals surface area (Å²) in [5, 5.41) is 22.1. The van der Waals surface area contributed by atoms with E-state index in [1.807, 2.05) is 43.3 Å². The largest absolute Gasteiger partial charge is 0.505 e. The van der Waals surface area contributed by atoms with E-state index in [0.29, 0.717) is 11.3 Å². The van der Waals surface area contributed by atoms with E-state index >= 15 is 0 Å². The van der Waals surface area contributed by atoms with Crippen LogP contribution in [0.25, 0.3) is 16.7 Å². The molecule has 0 radical (unpaired) electrons. The zero-order valence-electron chi connectivity index (χ0n) is 13.8. The summed E-state index contributed by atoms with van der Waals surface area (Å²) in [5.41, 5.74) is 3.54. The highest BCUT2D eigenvalue weighted by Crippen LogP contribution is 2.28. The van der Waals surface area contributed by atoms with Gasteiger partial charge in [0.2, 0.25) is 0 Å². The molecule has 7 heteroatoms. The fourth-order valence-corrected chi connectivity index (χ4v) is 2.42.